The molecule has 0 radical (unpaired) electrons. The van der Waals surface area contributed by atoms with Gasteiger partial charge in [0.25, 0.3) is 0 Å². The van der Waals surface area contributed by atoms with E-state index in [0.29, 0.717) is 12.1 Å². The molecule has 0 saturated heterocycles. The van der Waals surface area contributed by atoms with Crippen molar-refractivity contribution in [1.82, 2.24) is 15.3 Å². The fourth-order valence-electron chi connectivity index (χ4n) is 2.23. The number of carbonyl (C=O) groups excluding carboxylic acids is 2. The van der Waals surface area contributed by atoms with Crippen molar-refractivity contribution in [3.05, 3.63) is 35.5 Å². The number of amides is 1. The Morgan fingerprint density at radius 2 is 2.12 bits per heavy atom. The van der Waals surface area contributed by atoms with Gasteiger partial charge >= 0.3 is 5.97 Å². The highest BCUT2D eigenvalue weighted by Crippen LogP contribution is 2.21. The predicted molar refractivity (Wildman–Crippen MR) is 92.5 cm³/mol. The number of thiazole rings is 1. The number of methoxy groups -OCH3 is 1. The van der Waals surface area contributed by atoms with Crippen molar-refractivity contribution in [2.75, 3.05) is 7.11 Å². The molecule has 0 aliphatic rings. The van der Waals surface area contributed by atoms with Gasteiger partial charge in [-0.1, -0.05) is 19.9 Å². The standard InChI is InChI=1S/C17H21N3O3S/c1-11(2)8-14(17(22)23-3)20-15(21)9-12-10-24-16(19-12)13-6-4-5-7-18-13/h4-7,10-11,14H,8-9H2,1-3H3,(H,20,21)/t14-/m1/s1. The Labute approximate surface area is 145 Å². The minimum Gasteiger partial charge on any atom is -0.467 e. The van der Waals surface area contributed by atoms with E-state index in [4.69, 9.17) is 4.74 Å². The maximum atomic E-state index is 12.2. The number of pyridine rings is 1. The number of nitrogens with zero attached hydrogens (tertiary/aromatic N) is 2. The van der Waals surface area contributed by atoms with Crippen molar-refractivity contribution >= 4 is 23.2 Å². The molecule has 1 atom stereocenters. The van der Waals surface area contributed by atoms with Gasteiger partial charge in [0.1, 0.15) is 11.0 Å². The van der Waals surface area contributed by atoms with Crippen LogP contribution in [0.4, 0.5) is 0 Å². The number of carbonyl (C=O) groups is 2. The van der Waals surface area contributed by atoms with Crippen molar-refractivity contribution < 1.29 is 14.3 Å². The molecular formula is C17H21N3O3S. The number of rotatable bonds is 7. The second kappa shape index (κ2) is 8.54. The summed E-state index contributed by atoms with van der Waals surface area (Å²) in [5, 5.41) is 5.33. The number of nitrogens with one attached hydrogen (secondary N) is 1. The van der Waals surface area contributed by atoms with Crippen LogP contribution >= 0.6 is 11.3 Å². The molecule has 7 heteroatoms. The molecule has 0 bridgehead atoms. The second-order valence-corrected chi connectivity index (χ2v) is 6.67. The molecule has 0 saturated carbocycles. The molecular weight excluding hydrogens is 326 g/mol. The summed E-state index contributed by atoms with van der Waals surface area (Å²) in [6, 6.07) is 4.98. The molecule has 1 N–H and O–H groups in total. The number of ether oxygens (including phenoxy) is 1. The van der Waals surface area contributed by atoms with Gasteiger partial charge in [0.2, 0.25) is 5.91 Å². The summed E-state index contributed by atoms with van der Waals surface area (Å²) in [6.45, 7) is 3.98. The highest BCUT2D eigenvalue weighted by molar-refractivity contribution is 7.13. The van der Waals surface area contributed by atoms with Crippen LogP contribution in [0, 0.1) is 5.92 Å². The Morgan fingerprint density at radius 3 is 2.75 bits per heavy atom. The van der Waals surface area contributed by atoms with Crippen LogP contribution in [0.5, 0.6) is 0 Å². The molecule has 2 rings (SSSR count). The lowest BCUT2D eigenvalue weighted by Gasteiger charge is -2.18. The van der Waals surface area contributed by atoms with Gasteiger partial charge in [-0.2, -0.15) is 0 Å². The van der Waals surface area contributed by atoms with Crippen molar-refractivity contribution in [2.24, 2.45) is 5.92 Å². The van der Waals surface area contributed by atoms with Crippen LogP contribution in [-0.4, -0.2) is 35.0 Å². The van der Waals surface area contributed by atoms with Crippen LogP contribution in [0.3, 0.4) is 0 Å². The van der Waals surface area contributed by atoms with Crippen LogP contribution in [-0.2, 0) is 20.7 Å². The van der Waals surface area contributed by atoms with E-state index in [2.05, 4.69) is 15.3 Å². The smallest absolute Gasteiger partial charge is 0.328 e. The topological polar surface area (TPSA) is 81.2 Å². The quantitative estimate of drug-likeness (QED) is 0.778. The summed E-state index contributed by atoms with van der Waals surface area (Å²) in [4.78, 5) is 32.6. The molecule has 0 aliphatic carbocycles. The van der Waals surface area contributed by atoms with Crippen LogP contribution in [0.25, 0.3) is 10.7 Å². The fourth-order valence-corrected chi connectivity index (χ4v) is 3.03. The van der Waals surface area contributed by atoms with Gasteiger partial charge in [0, 0.05) is 11.6 Å². The molecule has 0 spiro atoms. The molecule has 0 aliphatic heterocycles. The average Bonchev–Trinajstić information content (AvgIpc) is 3.02. The second-order valence-electron chi connectivity index (χ2n) is 5.81. The van der Waals surface area contributed by atoms with E-state index in [0.717, 1.165) is 10.7 Å². The minimum absolute atomic E-state index is 0.120. The Bertz CT molecular complexity index is 685. The van der Waals surface area contributed by atoms with Crippen molar-refractivity contribution in [3.63, 3.8) is 0 Å². The molecule has 2 heterocycles. The number of aromatic nitrogens is 2. The molecule has 24 heavy (non-hydrogen) atoms. The first kappa shape index (κ1) is 18.1. The Balaban J connectivity index is 1.99. The monoisotopic (exact) mass is 347 g/mol. The van der Waals surface area contributed by atoms with Crippen LogP contribution < -0.4 is 5.32 Å². The first-order valence-electron chi connectivity index (χ1n) is 7.72. The van der Waals surface area contributed by atoms with Crippen LogP contribution in [0.2, 0.25) is 0 Å². The molecule has 2 aromatic rings. The summed E-state index contributed by atoms with van der Waals surface area (Å²) < 4.78 is 4.75. The summed E-state index contributed by atoms with van der Waals surface area (Å²) in [6.07, 6.45) is 2.36. The van der Waals surface area contributed by atoms with E-state index in [1.54, 1.807) is 6.20 Å². The number of esters is 1. The fraction of sp³-hybridized carbons (Fsp3) is 0.412. The molecule has 0 aromatic carbocycles. The van der Waals surface area contributed by atoms with Gasteiger partial charge in [0.15, 0.2) is 0 Å². The van der Waals surface area contributed by atoms with Crippen LogP contribution in [0.15, 0.2) is 29.8 Å². The average molecular weight is 347 g/mol. The maximum Gasteiger partial charge on any atom is 0.328 e. The minimum atomic E-state index is -0.628. The molecule has 1 amide bonds. The molecule has 6 nitrogen and oxygen atoms in total. The summed E-state index contributed by atoms with van der Waals surface area (Å²) in [5.41, 5.74) is 1.44. The third-order valence-corrected chi connectivity index (χ3v) is 4.22. The van der Waals surface area contributed by atoms with E-state index in [1.165, 1.54) is 18.4 Å². The maximum absolute atomic E-state index is 12.2. The molecule has 128 valence electrons. The van der Waals surface area contributed by atoms with E-state index >= 15 is 0 Å². The first-order valence-corrected chi connectivity index (χ1v) is 8.60. The molecule has 0 fully saturated rings. The van der Waals surface area contributed by atoms with Gasteiger partial charge in [-0.25, -0.2) is 9.78 Å². The van der Waals surface area contributed by atoms with Gasteiger partial charge in [0.05, 0.1) is 24.9 Å². The third kappa shape index (κ3) is 5.13. The Morgan fingerprint density at radius 1 is 1.33 bits per heavy atom. The highest BCUT2D eigenvalue weighted by atomic mass is 32.1. The lowest BCUT2D eigenvalue weighted by atomic mass is 10.0. The van der Waals surface area contributed by atoms with Gasteiger partial charge in [-0.15, -0.1) is 11.3 Å². The molecule has 2 aromatic heterocycles. The highest BCUT2D eigenvalue weighted by Gasteiger charge is 2.23. The van der Waals surface area contributed by atoms with Gasteiger partial charge in [-0.3, -0.25) is 9.78 Å². The third-order valence-electron chi connectivity index (χ3n) is 3.31. The summed E-state index contributed by atoms with van der Waals surface area (Å²) >= 11 is 1.44. The van der Waals surface area contributed by atoms with E-state index in [1.807, 2.05) is 37.4 Å². The first-order chi connectivity index (χ1) is 11.5. The van der Waals surface area contributed by atoms with Crippen molar-refractivity contribution in [2.45, 2.75) is 32.7 Å². The normalized spacial score (nSPS) is 12.0. The zero-order valence-electron chi connectivity index (χ0n) is 14.0. The lowest BCUT2D eigenvalue weighted by Crippen LogP contribution is -2.43. The van der Waals surface area contributed by atoms with Crippen molar-refractivity contribution in [1.29, 1.82) is 0 Å². The van der Waals surface area contributed by atoms with Crippen molar-refractivity contribution in [3.8, 4) is 10.7 Å². The Kier molecular flexibility index (Phi) is 6.43. The predicted octanol–water partition coefficient (Wildman–Crippen LogP) is 2.45. The van der Waals surface area contributed by atoms with E-state index < -0.39 is 12.0 Å². The SMILES string of the molecule is COC(=O)[C@@H](CC(C)C)NC(=O)Cc1csc(-c2ccccn2)n1. The largest absolute Gasteiger partial charge is 0.467 e. The Hall–Kier alpha value is -2.28. The summed E-state index contributed by atoms with van der Waals surface area (Å²) in [5.74, 6) is -0.405. The number of hydrogen-bond acceptors (Lipinski definition) is 6. The lowest BCUT2D eigenvalue weighted by molar-refractivity contribution is -0.145. The van der Waals surface area contributed by atoms with Gasteiger partial charge < -0.3 is 10.1 Å². The zero-order valence-corrected chi connectivity index (χ0v) is 14.8. The summed E-state index contributed by atoms with van der Waals surface area (Å²) in [7, 11) is 1.32. The number of hydrogen-bond donors (Lipinski definition) is 1. The van der Waals surface area contributed by atoms with E-state index in [-0.39, 0.29) is 18.2 Å². The van der Waals surface area contributed by atoms with Crippen LogP contribution in [0.1, 0.15) is 26.0 Å². The molecule has 0 unspecified atom stereocenters. The van der Waals surface area contributed by atoms with E-state index in [9.17, 15) is 9.59 Å². The van der Waals surface area contributed by atoms with Gasteiger partial charge in [-0.05, 0) is 24.5 Å². The zero-order chi connectivity index (χ0) is 17.5.